The Labute approximate surface area is 138 Å². The number of carbonyl (C=O) groups excluding carboxylic acids is 2. The molecule has 132 valence electrons. The van der Waals surface area contributed by atoms with Crippen LogP contribution in [0.5, 0.6) is 0 Å². The Morgan fingerprint density at radius 1 is 1.38 bits per heavy atom. The van der Waals surface area contributed by atoms with Crippen LogP contribution < -0.4 is 5.73 Å². The van der Waals surface area contributed by atoms with Gasteiger partial charge in [-0.15, -0.1) is 0 Å². The third-order valence-corrected chi connectivity index (χ3v) is 3.63. The number of nitrogens with two attached hydrogens (primary N) is 1. The maximum atomic E-state index is 12.0. The Kier molecular flexibility index (Phi) is 4.76. The summed E-state index contributed by atoms with van der Waals surface area (Å²) in [5.74, 6) is -1.88. The first-order chi connectivity index (χ1) is 11.1. The molecular formula is C14H20N4O6. The van der Waals surface area contributed by atoms with Gasteiger partial charge < -0.3 is 19.9 Å². The van der Waals surface area contributed by atoms with E-state index in [0.717, 1.165) is 0 Å². The normalized spacial score (nSPS) is 16.0. The number of nitrogens with zero attached hydrogens (tertiary/aromatic N) is 3. The van der Waals surface area contributed by atoms with E-state index in [1.54, 1.807) is 25.7 Å². The minimum absolute atomic E-state index is 0.0950. The molecule has 0 aromatic carbocycles. The molecule has 0 aliphatic carbocycles. The van der Waals surface area contributed by atoms with Crippen molar-refractivity contribution < 1.29 is 23.8 Å². The predicted molar refractivity (Wildman–Crippen MR) is 81.5 cm³/mol. The Balaban J connectivity index is 2.09. The van der Waals surface area contributed by atoms with Gasteiger partial charge in [-0.3, -0.25) is 14.9 Å². The number of hydrogen-bond acceptors (Lipinski definition) is 7. The second-order valence-corrected chi connectivity index (χ2v) is 6.61. The van der Waals surface area contributed by atoms with Gasteiger partial charge in [-0.1, -0.05) is 5.16 Å². The average Bonchev–Trinajstić information content (AvgIpc) is 2.90. The van der Waals surface area contributed by atoms with Crippen molar-refractivity contribution in [1.82, 2.24) is 10.1 Å². The van der Waals surface area contributed by atoms with Gasteiger partial charge in [0, 0.05) is 19.0 Å². The maximum Gasteiger partial charge on any atom is 0.410 e. The fourth-order valence-corrected chi connectivity index (χ4v) is 2.57. The molecule has 10 heteroatoms. The third kappa shape index (κ3) is 3.81. The number of piperidine rings is 1. The van der Waals surface area contributed by atoms with Crippen molar-refractivity contribution in [2.45, 2.75) is 45.1 Å². The summed E-state index contributed by atoms with van der Waals surface area (Å²) in [5.41, 5.74) is 4.09. The van der Waals surface area contributed by atoms with Gasteiger partial charge in [-0.05, 0) is 33.6 Å². The van der Waals surface area contributed by atoms with Gasteiger partial charge in [-0.25, -0.2) is 4.79 Å². The molecule has 10 nitrogen and oxygen atoms in total. The van der Waals surface area contributed by atoms with Crippen molar-refractivity contribution in [3.8, 4) is 0 Å². The molecule has 1 aromatic rings. The zero-order valence-corrected chi connectivity index (χ0v) is 13.8. The van der Waals surface area contributed by atoms with Crippen LogP contribution in [0.2, 0.25) is 0 Å². The van der Waals surface area contributed by atoms with Gasteiger partial charge in [-0.2, -0.15) is 0 Å². The molecule has 2 heterocycles. The van der Waals surface area contributed by atoms with Gasteiger partial charge in [0.25, 0.3) is 5.91 Å². The molecule has 0 spiro atoms. The van der Waals surface area contributed by atoms with Crippen LogP contribution in [0, 0.1) is 10.1 Å². The number of carbonyl (C=O) groups is 2. The minimum Gasteiger partial charge on any atom is -0.444 e. The summed E-state index contributed by atoms with van der Waals surface area (Å²) in [5, 5.41) is 14.9. The van der Waals surface area contributed by atoms with Crippen LogP contribution in [0.25, 0.3) is 0 Å². The van der Waals surface area contributed by atoms with Crippen LogP contribution >= 0.6 is 0 Å². The highest BCUT2D eigenvalue weighted by atomic mass is 16.6. The fourth-order valence-electron chi connectivity index (χ4n) is 2.57. The molecule has 2 N–H and O–H groups in total. The molecule has 1 fully saturated rings. The summed E-state index contributed by atoms with van der Waals surface area (Å²) < 4.78 is 10.0. The summed E-state index contributed by atoms with van der Waals surface area (Å²) in [4.78, 5) is 35.3. The molecule has 24 heavy (non-hydrogen) atoms. The van der Waals surface area contributed by atoms with E-state index in [1.807, 2.05) is 0 Å². The highest BCUT2D eigenvalue weighted by molar-refractivity contribution is 5.94. The molecule has 1 aliphatic heterocycles. The van der Waals surface area contributed by atoms with Crippen molar-refractivity contribution in [1.29, 1.82) is 0 Å². The van der Waals surface area contributed by atoms with E-state index in [2.05, 4.69) is 5.16 Å². The van der Waals surface area contributed by atoms with Crippen molar-refractivity contribution in [2.75, 3.05) is 13.1 Å². The average molecular weight is 340 g/mol. The van der Waals surface area contributed by atoms with Crippen LogP contribution in [-0.4, -0.2) is 45.7 Å². The lowest BCUT2D eigenvalue weighted by Crippen LogP contribution is -2.41. The minimum atomic E-state index is -1.04. The summed E-state index contributed by atoms with van der Waals surface area (Å²) in [6, 6.07) is 0. The highest BCUT2D eigenvalue weighted by Crippen LogP contribution is 2.35. The number of rotatable bonds is 3. The Morgan fingerprint density at radius 2 is 1.96 bits per heavy atom. The molecule has 2 rings (SSSR count). The van der Waals surface area contributed by atoms with E-state index in [1.165, 1.54) is 0 Å². The van der Waals surface area contributed by atoms with Crippen LogP contribution in [0.1, 0.15) is 55.8 Å². The standard InChI is InChI=1S/C14H20N4O6/c1-14(2,3)23-13(20)17-6-4-8(5-7-17)9-10(18(21)22)11(12(15)19)24-16-9/h8H,4-7H2,1-3H3,(H2,15,19). The number of primary amides is 1. The Bertz CT molecular complexity index is 655. The lowest BCUT2D eigenvalue weighted by molar-refractivity contribution is -0.386. The molecule has 1 aliphatic rings. The van der Waals surface area contributed by atoms with Crippen LogP contribution in [-0.2, 0) is 4.74 Å². The summed E-state index contributed by atoms with van der Waals surface area (Å²) in [6.45, 7) is 6.08. The summed E-state index contributed by atoms with van der Waals surface area (Å²) in [7, 11) is 0. The maximum absolute atomic E-state index is 12.0. The molecule has 1 saturated heterocycles. The monoisotopic (exact) mass is 340 g/mol. The Morgan fingerprint density at radius 3 is 2.42 bits per heavy atom. The number of nitro groups is 1. The van der Waals surface area contributed by atoms with Gasteiger partial charge >= 0.3 is 17.5 Å². The molecule has 1 aromatic heterocycles. The summed E-state index contributed by atoms with van der Waals surface area (Å²) in [6.07, 6.45) is 0.476. The van der Waals surface area contributed by atoms with Gasteiger partial charge in [0.15, 0.2) is 5.69 Å². The quantitative estimate of drug-likeness (QED) is 0.653. The predicted octanol–water partition coefficient (Wildman–Crippen LogP) is 1.80. The summed E-state index contributed by atoms with van der Waals surface area (Å²) >= 11 is 0. The van der Waals surface area contributed by atoms with E-state index in [-0.39, 0.29) is 11.6 Å². The van der Waals surface area contributed by atoms with Gasteiger partial charge in [0.2, 0.25) is 0 Å². The van der Waals surface area contributed by atoms with E-state index < -0.39 is 34.0 Å². The van der Waals surface area contributed by atoms with Crippen molar-refractivity contribution in [2.24, 2.45) is 5.73 Å². The lowest BCUT2D eigenvalue weighted by Gasteiger charge is -2.32. The largest absolute Gasteiger partial charge is 0.444 e. The number of amides is 2. The second kappa shape index (κ2) is 6.46. The third-order valence-electron chi connectivity index (χ3n) is 3.63. The number of aromatic nitrogens is 1. The molecule has 0 atom stereocenters. The van der Waals surface area contributed by atoms with Crippen molar-refractivity contribution >= 4 is 17.7 Å². The fraction of sp³-hybridized carbons (Fsp3) is 0.643. The molecule has 0 unspecified atom stereocenters. The highest BCUT2D eigenvalue weighted by Gasteiger charge is 2.37. The molecule has 0 saturated carbocycles. The first kappa shape index (κ1) is 17.7. The zero-order valence-electron chi connectivity index (χ0n) is 13.8. The van der Waals surface area contributed by atoms with Gasteiger partial charge in [0.1, 0.15) is 5.60 Å². The SMILES string of the molecule is CC(C)(C)OC(=O)N1CCC(c2noc(C(N)=O)c2[N+](=O)[O-])CC1. The number of ether oxygens (including phenoxy) is 1. The molecule has 0 bridgehead atoms. The van der Waals surface area contributed by atoms with Gasteiger partial charge in [0.05, 0.1) is 4.92 Å². The molecular weight excluding hydrogens is 320 g/mol. The Hall–Kier alpha value is -2.65. The zero-order chi connectivity index (χ0) is 18.1. The van der Waals surface area contributed by atoms with E-state index >= 15 is 0 Å². The first-order valence-corrected chi connectivity index (χ1v) is 7.52. The number of likely N-dealkylation sites (tertiary alicyclic amines) is 1. The topological polar surface area (TPSA) is 142 Å². The van der Waals surface area contributed by atoms with Crippen molar-refractivity contribution in [3.05, 3.63) is 21.6 Å². The molecule has 2 amide bonds. The van der Waals surface area contributed by atoms with Crippen molar-refractivity contribution in [3.63, 3.8) is 0 Å². The first-order valence-electron chi connectivity index (χ1n) is 7.52. The number of hydrogen-bond donors (Lipinski definition) is 1. The smallest absolute Gasteiger partial charge is 0.410 e. The molecule has 0 radical (unpaired) electrons. The van der Waals surface area contributed by atoms with Crippen LogP contribution in [0.15, 0.2) is 4.52 Å². The van der Waals surface area contributed by atoms with E-state index in [9.17, 15) is 19.7 Å². The second-order valence-electron chi connectivity index (χ2n) is 6.61. The van der Waals surface area contributed by atoms with E-state index in [4.69, 9.17) is 15.0 Å². The van der Waals surface area contributed by atoms with E-state index in [0.29, 0.717) is 25.9 Å². The van der Waals surface area contributed by atoms with Crippen LogP contribution in [0.4, 0.5) is 10.5 Å². The van der Waals surface area contributed by atoms with Crippen LogP contribution in [0.3, 0.4) is 0 Å². The lowest BCUT2D eigenvalue weighted by atomic mass is 9.92.